The summed E-state index contributed by atoms with van der Waals surface area (Å²) >= 11 is 0. The molecule has 0 amide bonds. The summed E-state index contributed by atoms with van der Waals surface area (Å²) in [5.41, 5.74) is -0.414. The molecule has 14 heavy (non-hydrogen) atoms. The summed E-state index contributed by atoms with van der Waals surface area (Å²) in [7, 11) is 1.87. The van der Waals surface area contributed by atoms with Crippen LogP contribution >= 0.6 is 0 Å². The van der Waals surface area contributed by atoms with Crippen LogP contribution < -0.4 is 5.32 Å². The van der Waals surface area contributed by atoms with Gasteiger partial charge in [-0.05, 0) is 34.2 Å². The molecule has 0 aliphatic heterocycles. The molecule has 0 saturated heterocycles. The van der Waals surface area contributed by atoms with Gasteiger partial charge in [0.25, 0.3) is 0 Å². The molecule has 1 N–H and O–H groups in total. The van der Waals surface area contributed by atoms with E-state index in [1.54, 1.807) is 0 Å². The molecule has 0 saturated carbocycles. The molecule has 0 aromatic rings. The molecule has 0 radical (unpaired) electrons. The van der Waals surface area contributed by atoms with Crippen LogP contribution in [0.25, 0.3) is 0 Å². The highest BCUT2D eigenvalue weighted by Crippen LogP contribution is 2.07. The van der Waals surface area contributed by atoms with E-state index in [2.05, 4.69) is 12.2 Å². The van der Waals surface area contributed by atoms with Crippen molar-refractivity contribution in [2.45, 2.75) is 45.8 Å². The van der Waals surface area contributed by atoms with E-state index in [9.17, 15) is 4.79 Å². The molecular formula is C11H21NO2. The predicted octanol–water partition coefficient (Wildman–Crippen LogP) is 1.88. The SMILES string of the molecule is CC[C@H](/C=C/C(=O)OC(C)(C)C)NC. The fourth-order valence-electron chi connectivity index (χ4n) is 0.967. The van der Waals surface area contributed by atoms with Crippen LogP contribution in [0.1, 0.15) is 34.1 Å². The van der Waals surface area contributed by atoms with Gasteiger partial charge >= 0.3 is 5.97 Å². The molecule has 0 unspecified atom stereocenters. The first-order valence-corrected chi connectivity index (χ1v) is 4.97. The number of nitrogens with one attached hydrogen (secondary N) is 1. The molecule has 1 atom stereocenters. The first kappa shape index (κ1) is 13.2. The topological polar surface area (TPSA) is 38.3 Å². The lowest BCUT2D eigenvalue weighted by molar-refractivity contribution is -0.148. The fraction of sp³-hybridized carbons (Fsp3) is 0.727. The maximum atomic E-state index is 11.3. The van der Waals surface area contributed by atoms with Crippen LogP contribution in [0.3, 0.4) is 0 Å². The van der Waals surface area contributed by atoms with Crippen molar-refractivity contribution in [2.75, 3.05) is 7.05 Å². The van der Waals surface area contributed by atoms with Gasteiger partial charge in [0.15, 0.2) is 0 Å². The van der Waals surface area contributed by atoms with E-state index in [4.69, 9.17) is 4.74 Å². The van der Waals surface area contributed by atoms with Crippen molar-refractivity contribution < 1.29 is 9.53 Å². The van der Waals surface area contributed by atoms with E-state index in [0.717, 1.165) is 6.42 Å². The third kappa shape index (κ3) is 6.66. The number of hydrogen-bond donors (Lipinski definition) is 1. The fourth-order valence-corrected chi connectivity index (χ4v) is 0.967. The number of ether oxygens (including phenoxy) is 1. The Bertz CT molecular complexity index is 200. The number of esters is 1. The molecule has 0 aliphatic carbocycles. The zero-order valence-electron chi connectivity index (χ0n) is 9.76. The monoisotopic (exact) mass is 199 g/mol. The van der Waals surface area contributed by atoms with Gasteiger partial charge in [-0.2, -0.15) is 0 Å². The molecule has 3 nitrogen and oxygen atoms in total. The minimum Gasteiger partial charge on any atom is -0.457 e. The van der Waals surface area contributed by atoms with E-state index >= 15 is 0 Å². The van der Waals surface area contributed by atoms with E-state index in [1.165, 1.54) is 6.08 Å². The number of hydrogen-bond acceptors (Lipinski definition) is 3. The molecule has 0 aromatic carbocycles. The number of rotatable bonds is 4. The molecule has 82 valence electrons. The van der Waals surface area contributed by atoms with Gasteiger partial charge in [0.1, 0.15) is 5.60 Å². The zero-order chi connectivity index (χ0) is 11.2. The van der Waals surface area contributed by atoms with E-state index in [-0.39, 0.29) is 12.0 Å². The average molecular weight is 199 g/mol. The van der Waals surface area contributed by atoms with Gasteiger partial charge in [-0.3, -0.25) is 0 Å². The van der Waals surface area contributed by atoms with Crippen LogP contribution in [0.15, 0.2) is 12.2 Å². The lowest BCUT2D eigenvalue weighted by atomic mass is 10.2. The molecule has 0 bridgehead atoms. The summed E-state index contributed by atoms with van der Waals surface area (Å²) in [5, 5.41) is 3.08. The third-order valence-electron chi connectivity index (χ3n) is 1.68. The summed E-state index contributed by atoms with van der Waals surface area (Å²) < 4.78 is 5.12. The van der Waals surface area contributed by atoms with Crippen molar-refractivity contribution >= 4 is 5.97 Å². The number of carbonyl (C=O) groups excluding carboxylic acids is 1. The molecule has 0 fully saturated rings. The maximum absolute atomic E-state index is 11.3. The van der Waals surface area contributed by atoms with Crippen molar-refractivity contribution in [2.24, 2.45) is 0 Å². The van der Waals surface area contributed by atoms with Gasteiger partial charge in [0, 0.05) is 12.1 Å². The predicted molar refractivity (Wildman–Crippen MR) is 58.1 cm³/mol. The Morgan fingerprint density at radius 3 is 2.43 bits per heavy atom. The van der Waals surface area contributed by atoms with Gasteiger partial charge in [0.2, 0.25) is 0 Å². The Labute approximate surface area is 86.5 Å². The van der Waals surface area contributed by atoms with Crippen LogP contribution in [-0.2, 0) is 9.53 Å². The summed E-state index contributed by atoms with van der Waals surface area (Å²) in [6.45, 7) is 7.62. The van der Waals surface area contributed by atoms with Crippen LogP contribution in [0.5, 0.6) is 0 Å². The first-order valence-electron chi connectivity index (χ1n) is 4.97. The third-order valence-corrected chi connectivity index (χ3v) is 1.68. The molecule has 0 heterocycles. The van der Waals surface area contributed by atoms with E-state index < -0.39 is 5.60 Å². The second-order valence-corrected chi connectivity index (χ2v) is 4.20. The highest BCUT2D eigenvalue weighted by atomic mass is 16.6. The first-order chi connectivity index (χ1) is 6.39. The molecular weight excluding hydrogens is 178 g/mol. The number of likely N-dealkylation sites (N-methyl/N-ethyl adjacent to an activating group) is 1. The Kier molecular flexibility index (Phi) is 5.46. The largest absolute Gasteiger partial charge is 0.457 e. The minimum absolute atomic E-state index is 0.238. The Morgan fingerprint density at radius 1 is 1.50 bits per heavy atom. The van der Waals surface area contributed by atoms with Crippen LogP contribution in [0, 0.1) is 0 Å². The Hall–Kier alpha value is -0.830. The standard InChI is InChI=1S/C11H21NO2/c1-6-9(12-5)7-8-10(13)14-11(2,3)4/h7-9,12H,6H2,1-5H3/b8-7+/t9-/m1/s1. The normalized spacial score (nSPS) is 14.4. The summed E-state index contributed by atoms with van der Waals surface area (Å²) in [5.74, 6) is -0.286. The van der Waals surface area contributed by atoms with Gasteiger partial charge in [-0.1, -0.05) is 13.0 Å². The summed E-state index contributed by atoms with van der Waals surface area (Å²) in [4.78, 5) is 11.3. The molecule has 0 spiro atoms. The number of carbonyl (C=O) groups is 1. The summed E-state index contributed by atoms with van der Waals surface area (Å²) in [6.07, 6.45) is 4.26. The molecule has 0 rings (SSSR count). The van der Waals surface area contributed by atoms with Crippen LogP contribution in [0.4, 0.5) is 0 Å². The lowest BCUT2D eigenvalue weighted by Crippen LogP contribution is -2.24. The van der Waals surface area contributed by atoms with Gasteiger partial charge in [0.05, 0.1) is 0 Å². The van der Waals surface area contributed by atoms with E-state index in [0.29, 0.717) is 0 Å². The minimum atomic E-state index is -0.414. The van der Waals surface area contributed by atoms with Crippen molar-refractivity contribution in [3.05, 3.63) is 12.2 Å². The maximum Gasteiger partial charge on any atom is 0.330 e. The highest BCUT2D eigenvalue weighted by molar-refractivity contribution is 5.82. The average Bonchev–Trinajstić information content (AvgIpc) is 2.03. The molecule has 0 aromatic heterocycles. The Balaban J connectivity index is 4.05. The summed E-state index contributed by atoms with van der Waals surface area (Å²) in [6, 6.07) is 0.238. The van der Waals surface area contributed by atoms with Gasteiger partial charge in [-0.15, -0.1) is 0 Å². The zero-order valence-corrected chi connectivity index (χ0v) is 9.76. The lowest BCUT2D eigenvalue weighted by Gasteiger charge is -2.18. The molecule has 0 aliphatic rings. The van der Waals surface area contributed by atoms with Crippen molar-refractivity contribution in [1.82, 2.24) is 5.32 Å². The van der Waals surface area contributed by atoms with Crippen LogP contribution in [-0.4, -0.2) is 24.7 Å². The highest BCUT2D eigenvalue weighted by Gasteiger charge is 2.13. The van der Waals surface area contributed by atoms with Crippen LogP contribution in [0.2, 0.25) is 0 Å². The van der Waals surface area contributed by atoms with Gasteiger partial charge in [-0.25, -0.2) is 4.79 Å². The van der Waals surface area contributed by atoms with Gasteiger partial charge < -0.3 is 10.1 Å². The van der Waals surface area contributed by atoms with E-state index in [1.807, 2.05) is 33.9 Å². The Morgan fingerprint density at radius 2 is 2.07 bits per heavy atom. The van der Waals surface area contributed by atoms with Crippen molar-refractivity contribution in [1.29, 1.82) is 0 Å². The quantitative estimate of drug-likeness (QED) is 0.555. The van der Waals surface area contributed by atoms with Crippen molar-refractivity contribution in [3.63, 3.8) is 0 Å². The second-order valence-electron chi connectivity index (χ2n) is 4.20. The van der Waals surface area contributed by atoms with Crippen molar-refractivity contribution in [3.8, 4) is 0 Å². The molecule has 3 heteroatoms. The second kappa shape index (κ2) is 5.81. The smallest absolute Gasteiger partial charge is 0.330 e.